The molecular formula is C9H14N2O3. The van der Waals surface area contributed by atoms with Crippen molar-refractivity contribution in [2.45, 2.75) is 19.8 Å². The SMILES string of the molecule is CC(=O)CC(=O)N1CCCNC(=O)C1. The van der Waals surface area contributed by atoms with Crippen molar-refractivity contribution in [2.24, 2.45) is 0 Å². The molecule has 1 rings (SSSR count). The van der Waals surface area contributed by atoms with Crippen LogP contribution in [0.1, 0.15) is 19.8 Å². The molecule has 0 atom stereocenters. The highest BCUT2D eigenvalue weighted by atomic mass is 16.2. The van der Waals surface area contributed by atoms with Gasteiger partial charge in [0.15, 0.2) is 0 Å². The average molecular weight is 198 g/mol. The first-order valence-electron chi connectivity index (χ1n) is 4.63. The van der Waals surface area contributed by atoms with Crippen LogP contribution < -0.4 is 5.32 Å². The maximum absolute atomic E-state index is 11.4. The number of hydrogen-bond acceptors (Lipinski definition) is 3. The lowest BCUT2D eigenvalue weighted by Gasteiger charge is -2.17. The Bertz CT molecular complexity index is 263. The van der Waals surface area contributed by atoms with E-state index in [0.717, 1.165) is 6.42 Å². The van der Waals surface area contributed by atoms with E-state index in [1.54, 1.807) is 0 Å². The lowest BCUT2D eigenvalue weighted by Crippen LogP contribution is -2.37. The summed E-state index contributed by atoms with van der Waals surface area (Å²) in [6, 6.07) is 0. The summed E-state index contributed by atoms with van der Waals surface area (Å²) in [7, 11) is 0. The van der Waals surface area contributed by atoms with Gasteiger partial charge in [-0.3, -0.25) is 14.4 Å². The predicted octanol–water partition coefficient (Wildman–Crippen LogP) is -0.686. The largest absolute Gasteiger partial charge is 0.354 e. The van der Waals surface area contributed by atoms with Crippen LogP contribution >= 0.6 is 0 Å². The van der Waals surface area contributed by atoms with Gasteiger partial charge in [-0.05, 0) is 13.3 Å². The van der Waals surface area contributed by atoms with Gasteiger partial charge >= 0.3 is 0 Å². The zero-order chi connectivity index (χ0) is 10.6. The minimum absolute atomic E-state index is 0.0755. The molecule has 14 heavy (non-hydrogen) atoms. The highest BCUT2D eigenvalue weighted by Gasteiger charge is 2.20. The Labute approximate surface area is 82.4 Å². The van der Waals surface area contributed by atoms with Gasteiger partial charge in [0.05, 0.1) is 13.0 Å². The van der Waals surface area contributed by atoms with Crippen LogP contribution in [0.2, 0.25) is 0 Å². The molecule has 0 spiro atoms. The van der Waals surface area contributed by atoms with Gasteiger partial charge in [0.1, 0.15) is 5.78 Å². The summed E-state index contributed by atoms with van der Waals surface area (Å²) in [5, 5.41) is 2.66. The molecule has 0 aromatic heterocycles. The summed E-state index contributed by atoms with van der Waals surface area (Å²) in [4.78, 5) is 34.7. The van der Waals surface area contributed by atoms with E-state index < -0.39 is 0 Å². The van der Waals surface area contributed by atoms with E-state index in [0.29, 0.717) is 13.1 Å². The summed E-state index contributed by atoms with van der Waals surface area (Å²) in [5.74, 6) is -0.575. The third-order valence-electron chi connectivity index (χ3n) is 2.01. The lowest BCUT2D eigenvalue weighted by molar-refractivity contribution is -0.137. The Hall–Kier alpha value is -1.39. The number of Topliss-reactive ketones (excluding diaryl/α,β-unsaturated/α-hetero) is 1. The van der Waals surface area contributed by atoms with Gasteiger partial charge in [-0.2, -0.15) is 0 Å². The maximum atomic E-state index is 11.4. The molecule has 0 aromatic carbocycles. The zero-order valence-corrected chi connectivity index (χ0v) is 8.21. The van der Waals surface area contributed by atoms with E-state index in [9.17, 15) is 14.4 Å². The van der Waals surface area contributed by atoms with Crippen LogP contribution in [0.3, 0.4) is 0 Å². The number of carbonyl (C=O) groups is 3. The molecule has 5 heteroatoms. The molecule has 0 aliphatic carbocycles. The molecule has 0 bridgehead atoms. The van der Waals surface area contributed by atoms with E-state index >= 15 is 0 Å². The van der Waals surface area contributed by atoms with Crippen LogP contribution in [0.25, 0.3) is 0 Å². The van der Waals surface area contributed by atoms with E-state index in [4.69, 9.17) is 0 Å². The van der Waals surface area contributed by atoms with Gasteiger partial charge in [-0.1, -0.05) is 0 Å². The van der Waals surface area contributed by atoms with E-state index in [1.807, 2.05) is 0 Å². The Balaban J connectivity index is 2.52. The van der Waals surface area contributed by atoms with Crippen LogP contribution in [-0.4, -0.2) is 42.1 Å². The van der Waals surface area contributed by atoms with Gasteiger partial charge in [-0.15, -0.1) is 0 Å². The van der Waals surface area contributed by atoms with Crippen molar-refractivity contribution in [3.8, 4) is 0 Å². The molecule has 1 N–H and O–H groups in total. The second kappa shape index (κ2) is 4.74. The molecule has 1 aliphatic rings. The predicted molar refractivity (Wildman–Crippen MR) is 49.5 cm³/mol. The molecule has 2 amide bonds. The van der Waals surface area contributed by atoms with E-state index in [1.165, 1.54) is 11.8 Å². The van der Waals surface area contributed by atoms with Crippen LogP contribution in [0, 0.1) is 0 Å². The summed E-state index contributed by atoms with van der Waals surface area (Å²) < 4.78 is 0. The first kappa shape index (κ1) is 10.7. The lowest BCUT2D eigenvalue weighted by atomic mass is 10.2. The van der Waals surface area contributed by atoms with Gasteiger partial charge in [0.25, 0.3) is 0 Å². The third kappa shape index (κ3) is 3.16. The van der Waals surface area contributed by atoms with Crippen molar-refractivity contribution >= 4 is 17.6 Å². The number of rotatable bonds is 2. The number of carbonyl (C=O) groups excluding carboxylic acids is 3. The maximum Gasteiger partial charge on any atom is 0.239 e. The van der Waals surface area contributed by atoms with Crippen LogP contribution in [0.5, 0.6) is 0 Å². The molecule has 1 aliphatic heterocycles. The first-order chi connectivity index (χ1) is 6.59. The Kier molecular flexibility index (Phi) is 3.62. The van der Waals surface area contributed by atoms with E-state index in [2.05, 4.69) is 5.32 Å². The number of hydrogen-bond donors (Lipinski definition) is 1. The number of nitrogens with zero attached hydrogens (tertiary/aromatic N) is 1. The van der Waals surface area contributed by atoms with Crippen molar-refractivity contribution < 1.29 is 14.4 Å². The molecule has 0 saturated carbocycles. The highest BCUT2D eigenvalue weighted by Crippen LogP contribution is 2.00. The molecule has 1 fully saturated rings. The second-order valence-corrected chi connectivity index (χ2v) is 3.40. The zero-order valence-electron chi connectivity index (χ0n) is 8.21. The van der Waals surface area contributed by atoms with Crippen molar-refractivity contribution in [1.82, 2.24) is 10.2 Å². The number of ketones is 1. The number of amides is 2. The van der Waals surface area contributed by atoms with E-state index in [-0.39, 0.29) is 30.6 Å². The second-order valence-electron chi connectivity index (χ2n) is 3.40. The Morgan fingerprint density at radius 1 is 1.50 bits per heavy atom. The molecular weight excluding hydrogens is 184 g/mol. The van der Waals surface area contributed by atoms with Gasteiger partial charge in [-0.25, -0.2) is 0 Å². The van der Waals surface area contributed by atoms with Gasteiger partial charge in [0, 0.05) is 13.1 Å². The summed E-state index contributed by atoms with van der Waals surface area (Å²) in [5.41, 5.74) is 0. The fourth-order valence-corrected chi connectivity index (χ4v) is 1.34. The van der Waals surface area contributed by atoms with Crippen molar-refractivity contribution in [2.75, 3.05) is 19.6 Å². The average Bonchev–Trinajstić information content (AvgIpc) is 2.28. The Morgan fingerprint density at radius 3 is 2.86 bits per heavy atom. The number of nitrogens with one attached hydrogen (secondary N) is 1. The smallest absolute Gasteiger partial charge is 0.239 e. The molecule has 0 aromatic rings. The Morgan fingerprint density at radius 2 is 2.21 bits per heavy atom. The van der Waals surface area contributed by atoms with Crippen molar-refractivity contribution in [3.63, 3.8) is 0 Å². The molecule has 0 unspecified atom stereocenters. The molecule has 0 radical (unpaired) electrons. The normalized spacial score (nSPS) is 17.2. The summed E-state index contributed by atoms with van der Waals surface area (Å²) >= 11 is 0. The highest BCUT2D eigenvalue weighted by molar-refractivity contribution is 5.98. The molecule has 1 saturated heterocycles. The monoisotopic (exact) mass is 198 g/mol. The van der Waals surface area contributed by atoms with Crippen LogP contribution in [0.15, 0.2) is 0 Å². The fraction of sp³-hybridized carbons (Fsp3) is 0.667. The molecule has 78 valence electrons. The minimum atomic E-state index is -0.255. The van der Waals surface area contributed by atoms with Crippen LogP contribution in [-0.2, 0) is 14.4 Å². The fourth-order valence-electron chi connectivity index (χ4n) is 1.34. The minimum Gasteiger partial charge on any atom is -0.354 e. The third-order valence-corrected chi connectivity index (χ3v) is 2.01. The summed E-state index contributed by atoms with van der Waals surface area (Å²) in [6.45, 7) is 2.59. The van der Waals surface area contributed by atoms with Gasteiger partial charge in [0.2, 0.25) is 11.8 Å². The standard InChI is InChI=1S/C9H14N2O3/c1-7(12)5-9(14)11-4-2-3-10-8(13)6-11/h2-6H2,1H3,(H,10,13). The van der Waals surface area contributed by atoms with Crippen LogP contribution in [0.4, 0.5) is 0 Å². The quantitative estimate of drug-likeness (QED) is 0.597. The summed E-state index contributed by atoms with van der Waals surface area (Å²) in [6.07, 6.45) is 0.642. The van der Waals surface area contributed by atoms with Gasteiger partial charge < -0.3 is 10.2 Å². The molecule has 1 heterocycles. The van der Waals surface area contributed by atoms with Crippen molar-refractivity contribution in [1.29, 1.82) is 0 Å². The van der Waals surface area contributed by atoms with Crippen molar-refractivity contribution in [3.05, 3.63) is 0 Å². The topological polar surface area (TPSA) is 66.5 Å². The first-order valence-corrected chi connectivity index (χ1v) is 4.63. The molecule has 5 nitrogen and oxygen atoms in total.